The number of likely N-dealkylation sites (N-methyl/N-ethyl adjacent to an activating group) is 1. The number of nitrogens with one attached hydrogen (secondary N) is 1. The third-order valence-electron chi connectivity index (χ3n) is 9.64. The number of methoxy groups -OCH3 is 1. The molecule has 10 nitrogen and oxygen atoms in total. The second-order valence-corrected chi connectivity index (χ2v) is 13.5. The van der Waals surface area contributed by atoms with Gasteiger partial charge >= 0.3 is 5.97 Å². The van der Waals surface area contributed by atoms with E-state index in [4.69, 9.17) is 4.74 Å². The van der Waals surface area contributed by atoms with Crippen molar-refractivity contribution in [2.45, 2.75) is 125 Å². The summed E-state index contributed by atoms with van der Waals surface area (Å²) in [4.78, 5) is 57.3. The van der Waals surface area contributed by atoms with Crippen LogP contribution in [0.3, 0.4) is 0 Å². The summed E-state index contributed by atoms with van der Waals surface area (Å²) in [5.74, 6) is -1.75. The lowest BCUT2D eigenvalue weighted by Gasteiger charge is -2.40. The molecule has 52 heavy (non-hydrogen) atoms. The molecule has 2 heterocycles. The Balaban J connectivity index is 0.000000810. The molecule has 3 unspecified atom stereocenters. The summed E-state index contributed by atoms with van der Waals surface area (Å²) in [6.07, 6.45) is 9.93. The van der Waals surface area contributed by atoms with Gasteiger partial charge in [0.15, 0.2) is 12.2 Å². The van der Waals surface area contributed by atoms with Gasteiger partial charge in [0.05, 0.1) is 12.6 Å². The highest BCUT2D eigenvalue weighted by Crippen LogP contribution is 2.37. The lowest BCUT2D eigenvalue weighted by molar-refractivity contribution is -0.134. The summed E-state index contributed by atoms with van der Waals surface area (Å²) >= 11 is 0. The molecule has 4 rings (SSSR count). The van der Waals surface area contributed by atoms with Crippen molar-refractivity contribution in [3.8, 4) is 5.75 Å². The van der Waals surface area contributed by atoms with Crippen molar-refractivity contribution >= 4 is 24.1 Å². The molecule has 3 atom stereocenters. The number of carbonyl (C=O) groups excluding carboxylic acids is 3. The van der Waals surface area contributed by atoms with Gasteiger partial charge in [0.25, 0.3) is 5.91 Å². The van der Waals surface area contributed by atoms with Crippen LogP contribution < -0.4 is 15.5 Å². The van der Waals surface area contributed by atoms with E-state index in [1.165, 1.54) is 37.9 Å². The van der Waals surface area contributed by atoms with Gasteiger partial charge < -0.3 is 24.3 Å². The number of likely N-dealkylation sites (tertiary alicyclic amines) is 1. The minimum absolute atomic E-state index is 0.0198. The molecule has 2 aromatic rings. The maximum Gasteiger partial charge on any atom is 0.311 e. The van der Waals surface area contributed by atoms with Gasteiger partial charge in [-0.15, -0.1) is 0 Å². The minimum Gasteiger partial charge on any atom is -0.485 e. The lowest BCUT2D eigenvalue weighted by Crippen LogP contribution is -2.48. The van der Waals surface area contributed by atoms with E-state index in [2.05, 4.69) is 33.8 Å². The third kappa shape index (κ3) is 13.6. The quantitative estimate of drug-likeness (QED) is 0.114. The average molecular weight is 733 g/mol. The first-order valence-corrected chi connectivity index (χ1v) is 18.5. The summed E-state index contributed by atoms with van der Waals surface area (Å²) in [6.45, 7) is 16.1. The molecule has 1 N–H and O–H groups in total. The number of ether oxygens (including phenoxy) is 2. The summed E-state index contributed by atoms with van der Waals surface area (Å²) in [5, 5.41) is 2.49. The predicted octanol–water partition coefficient (Wildman–Crippen LogP) is 7.94. The van der Waals surface area contributed by atoms with E-state index in [1.807, 2.05) is 34.7 Å². The van der Waals surface area contributed by atoms with Crippen LogP contribution in [0.15, 0.2) is 34.2 Å². The van der Waals surface area contributed by atoms with Crippen LogP contribution in [0.4, 0.5) is 8.78 Å². The van der Waals surface area contributed by atoms with Gasteiger partial charge in [-0.2, -0.15) is 0 Å². The van der Waals surface area contributed by atoms with Crippen molar-refractivity contribution < 1.29 is 32.6 Å². The number of carbonyl (C=O) groups is 3. The largest absolute Gasteiger partial charge is 0.485 e. The van der Waals surface area contributed by atoms with Crippen LogP contribution >= 0.6 is 0 Å². The van der Waals surface area contributed by atoms with Gasteiger partial charge in [0.2, 0.25) is 11.2 Å². The van der Waals surface area contributed by atoms with Gasteiger partial charge in [-0.25, -0.2) is 8.78 Å². The fourth-order valence-corrected chi connectivity index (χ4v) is 5.76. The van der Waals surface area contributed by atoms with Gasteiger partial charge in [-0.1, -0.05) is 66.4 Å². The zero-order valence-corrected chi connectivity index (χ0v) is 33.2. The molecule has 1 aromatic heterocycles. The molecule has 0 bridgehead atoms. The Morgan fingerprint density at radius 1 is 1.10 bits per heavy atom. The summed E-state index contributed by atoms with van der Waals surface area (Å²) in [5.41, 5.74) is -2.12. The number of hydrogen-bond donors (Lipinski definition) is 1. The first-order valence-electron chi connectivity index (χ1n) is 18.5. The van der Waals surface area contributed by atoms with Crippen molar-refractivity contribution in [1.82, 2.24) is 14.8 Å². The Hall–Kier alpha value is -3.93. The molecular weight excluding hydrogens is 670 g/mol. The Morgan fingerprint density at radius 2 is 1.75 bits per heavy atom. The second-order valence-electron chi connectivity index (χ2n) is 13.5. The molecule has 1 aliphatic carbocycles. The predicted molar refractivity (Wildman–Crippen MR) is 203 cm³/mol. The molecule has 292 valence electrons. The maximum absolute atomic E-state index is 14.1. The Labute approximate surface area is 309 Å². The monoisotopic (exact) mass is 732 g/mol. The fourth-order valence-electron chi connectivity index (χ4n) is 5.76. The van der Waals surface area contributed by atoms with Crippen molar-refractivity contribution in [3.63, 3.8) is 0 Å². The Bertz CT molecular complexity index is 1540. The zero-order valence-electron chi connectivity index (χ0n) is 33.2. The van der Waals surface area contributed by atoms with Gasteiger partial charge in [0, 0.05) is 57.4 Å². The number of aldehydes is 1. The number of halogens is 2. The SMILES string of the molecule is CC.CCCC(=O)Oc1c(C=O)n(C2(C)CN(C)C(C)CCC2C)cc(C(=O)NCc2ccc(F)cc2F)c1=O.CCCC1CC1.CN=C(C)OC. The maximum atomic E-state index is 14.1. The molecule has 1 aliphatic heterocycles. The van der Waals surface area contributed by atoms with Crippen LogP contribution in [-0.4, -0.2) is 67.3 Å². The van der Waals surface area contributed by atoms with Gasteiger partial charge in [-0.3, -0.25) is 24.2 Å². The Kier molecular flexibility index (Phi) is 20.3. The summed E-state index contributed by atoms with van der Waals surface area (Å²) in [7, 11) is 5.26. The van der Waals surface area contributed by atoms with E-state index in [0.717, 1.165) is 30.7 Å². The summed E-state index contributed by atoms with van der Waals surface area (Å²) < 4.78 is 39.0. The van der Waals surface area contributed by atoms with Crippen LogP contribution in [0.5, 0.6) is 5.75 Å². The normalized spacial score (nSPS) is 20.0. The zero-order chi connectivity index (χ0) is 39.6. The fraction of sp³-hybridized carbons (Fsp3) is 0.625. The van der Waals surface area contributed by atoms with Crippen molar-refractivity contribution in [3.05, 3.63) is 63.1 Å². The number of benzene rings is 1. The third-order valence-corrected chi connectivity index (χ3v) is 9.64. The molecule has 1 saturated carbocycles. The standard InChI is InChI=1S/C28H35F2N3O5.C6H12.C4H9NO.C2H6/c1-6-7-24(35)38-26-23(15-34)33(28(4)16-32(5)18(3)9-8-17(28)2)14-21(25(26)36)27(37)31-13-19-10-11-20(29)12-22(19)30;1-2-3-6-4-5-6;1-4(5-2)6-3;1-2/h10-12,14-15,17-18H,6-9,13,16H2,1-5H3,(H,31,37);6H,2-5H2,1H3;1-3H3;1-2H3. The van der Waals surface area contributed by atoms with Crippen molar-refractivity contribution in [2.75, 3.05) is 27.7 Å². The lowest BCUT2D eigenvalue weighted by atomic mass is 9.83. The molecule has 1 aromatic carbocycles. The molecule has 1 saturated heterocycles. The van der Waals surface area contributed by atoms with Crippen LogP contribution in [0.2, 0.25) is 0 Å². The van der Waals surface area contributed by atoms with E-state index >= 15 is 0 Å². The van der Waals surface area contributed by atoms with Crippen LogP contribution in [0.25, 0.3) is 0 Å². The highest BCUT2D eigenvalue weighted by molar-refractivity contribution is 5.95. The topological polar surface area (TPSA) is 119 Å². The number of pyridine rings is 1. The number of hydrogen-bond acceptors (Lipinski definition) is 8. The molecule has 0 radical (unpaired) electrons. The molecule has 2 fully saturated rings. The van der Waals surface area contributed by atoms with E-state index in [0.29, 0.717) is 25.3 Å². The average Bonchev–Trinajstić information content (AvgIpc) is 3.96. The minimum atomic E-state index is -0.920. The molecule has 2 aliphatic rings. The van der Waals surface area contributed by atoms with Gasteiger partial charge in [-0.05, 0) is 58.1 Å². The number of rotatable bonds is 10. The van der Waals surface area contributed by atoms with Crippen molar-refractivity contribution in [2.24, 2.45) is 16.8 Å². The molecule has 0 spiro atoms. The number of nitrogens with zero attached hydrogens (tertiary/aromatic N) is 3. The summed E-state index contributed by atoms with van der Waals surface area (Å²) in [6, 6.07) is 3.23. The smallest absolute Gasteiger partial charge is 0.311 e. The Morgan fingerprint density at radius 3 is 2.23 bits per heavy atom. The highest BCUT2D eigenvalue weighted by Gasteiger charge is 2.40. The first-order chi connectivity index (χ1) is 24.7. The number of amides is 1. The number of esters is 1. The second kappa shape index (κ2) is 22.9. The van der Waals surface area contributed by atoms with E-state index in [-0.39, 0.29) is 41.7 Å². The van der Waals surface area contributed by atoms with Crippen molar-refractivity contribution in [1.29, 1.82) is 0 Å². The van der Waals surface area contributed by atoms with Crippen LogP contribution in [0.1, 0.15) is 133 Å². The molecule has 12 heteroatoms. The van der Waals surface area contributed by atoms with E-state index in [9.17, 15) is 28.0 Å². The molecule has 1 amide bonds. The number of aromatic nitrogens is 1. The first kappa shape index (κ1) is 46.1. The van der Waals surface area contributed by atoms with E-state index < -0.39 is 40.2 Å². The van der Waals surface area contributed by atoms with Crippen LogP contribution in [-0.2, 0) is 21.6 Å². The highest BCUT2D eigenvalue weighted by atomic mass is 19.1. The van der Waals surface area contributed by atoms with E-state index in [1.54, 1.807) is 32.6 Å². The van der Waals surface area contributed by atoms with Gasteiger partial charge in [0.1, 0.15) is 22.9 Å². The molecular formula is C40H62F2N4O6. The number of aliphatic imine (C=N–C) groups is 1. The van der Waals surface area contributed by atoms with Crippen LogP contribution in [0, 0.1) is 23.5 Å².